The maximum Gasteiger partial charge on any atom is 0.136 e. The van der Waals surface area contributed by atoms with Crippen LogP contribution in [-0.2, 0) is 0 Å². The molecule has 1 unspecified atom stereocenters. The van der Waals surface area contributed by atoms with Crippen molar-refractivity contribution < 1.29 is 5.11 Å². The monoisotopic (exact) mass is 153 g/mol. The van der Waals surface area contributed by atoms with Crippen molar-refractivity contribution in [3.8, 4) is 0 Å². The summed E-state index contributed by atoms with van der Waals surface area (Å²) in [6, 6.07) is 0. The van der Waals surface area contributed by atoms with Crippen molar-refractivity contribution in [2.75, 3.05) is 0 Å². The lowest BCUT2D eigenvalue weighted by molar-refractivity contribution is 0.0998. The quantitative estimate of drug-likeness (QED) is 0.555. The summed E-state index contributed by atoms with van der Waals surface area (Å²) in [5.74, 6) is 0.516. The van der Waals surface area contributed by atoms with Gasteiger partial charge in [0, 0.05) is 6.42 Å². The lowest BCUT2D eigenvalue weighted by Gasteiger charge is -2.22. The first kappa shape index (κ1) is 8.50. The van der Waals surface area contributed by atoms with Crippen molar-refractivity contribution in [3.63, 3.8) is 0 Å². The van der Waals surface area contributed by atoms with Crippen LogP contribution in [-0.4, -0.2) is 10.8 Å². The van der Waals surface area contributed by atoms with Crippen LogP contribution >= 0.6 is 0 Å². The smallest absolute Gasteiger partial charge is 0.136 e. The molecule has 1 aliphatic rings. The SMILES string of the molecule is CC(C)C1=CCC(N)(O)C=C1. The number of allylic oxidation sites excluding steroid dienone is 2. The molecule has 0 bridgehead atoms. The molecule has 1 rings (SSSR count). The molecule has 0 aromatic carbocycles. The van der Waals surface area contributed by atoms with Gasteiger partial charge in [-0.25, -0.2) is 0 Å². The molecule has 0 aliphatic heterocycles. The second-order valence-corrected chi connectivity index (χ2v) is 3.39. The summed E-state index contributed by atoms with van der Waals surface area (Å²) in [4.78, 5) is 0. The molecule has 2 heteroatoms. The fourth-order valence-corrected chi connectivity index (χ4v) is 1.09. The zero-order chi connectivity index (χ0) is 8.48. The Kier molecular flexibility index (Phi) is 2.16. The van der Waals surface area contributed by atoms with Gasteiger partial charge in [-0.3, -0.25) is 0 Å². The predicted octanol–water partition coefficient (Wildman–Crippen LogP) is 1.18. The molecule has 3 N–H and O–H groups in total. The number of hydrogen-bond acceptors (Lipinski definition) is 2. The largest absolute Gasteiger partial charge is 0.372 e. The molecule has 1 atom stereocenters. The minimum Gasteiger partial charge on any atom is -0.372 e. The normalized spacial score (nSPS) is 30.8. The van der Waals surface area contributed by atoms with E-state index in [0.29, 0.717) is 12.3 Å². The Morgan fingerprint density at radius 2 is 2.27 bits per heavy atom. The van der Waals surface area contributed by atoms with E-state index in [4.69, 9.17) is 5.73 Å². The standard InChI is InChI=1S/C9H15NO/c1-7(2)8-3-5-9(10,11)6-4-8/h3-5,7,11H,6,10H2,1-2H3. The Labute approximate surface area is 67.4 Å². The van der Waals surface area contributed by atoms with Crippen LogP contribution in [0, 0.1) is 5.92 Å². The third kappa shape index (κ3) is 2.17. The molecule has 0 spiro atoms. The van der Waals surface area contributed by atoms with Crippen LogP contribution in [0.1, 0.15) is 20.3 Å². The Morgan fingerprint density at radius 3 is 2.64 bits per heavy atom. The highest BCUT2D eigenvalue weighted by Crippen LogP contribution is 2.20. The van der Waals surface area contributed by atoms with Crippen LogP contribution in [0.2, 0.25) is 0 Å². The molecular formula is C9H15NO. The minimum absolute atomic E-state index is 0.516. The Morgan fingerprint density at radius 1 is 1.64 bits per heavy atom. The van der Waals surface area contributed by atoms with Gasteiger partial charge in [0.2, 0.25) is 0 Å². The first-order chi connectivity index (χ1) is 5.01. The molecule has 2 nitrogen and oxygen atoms in total. The lowest BCUT2D eigenvalue weighted by atomic mass is 9.94. The van der Waals surface area contributed by atoms with E-state index in [2.05, 4.69) is 13.8 Å². The summed E-state index contributed by atoms with van der Waals surface area (Å²) in [5.41, 5.74) is 5.60. The van der Waals surface area contributed by atoms with Crippen LogP contribution in [0.15, 0.2) is 23.8 Å². The highest BCUT2D eigenvalue weighted by Gasteiger charge is 2.19. The molecule has 0 aromatic heterocycles. The molecule has 0 aromatic rings. The fourth-order valence-electron chi connectivity index (χ4n) is 1.09. The predicted molar refractivity (Wildman–Crippen MR) is 45.8 cm³/mol. The third-order valence-corrected chi connectivity index (χ3v) is 1.90. The van der Waals surface area contributed by atoms with Crippen molar-refractivity contribution in [2.24, 2.45) is 11.7 Å². The molecular weight excluding hydrogens is 138 g/mol. The number of nitrogens with two attached hydrogens (primary N) is 1. The van der Waals surface area contributed by atoms with Crippen molar-refractivity contribution >= 4 is 0 Å². The Hall–Kier alpha value is -0.600. The molecule has 0 fully saturated rings. The van der Waals surface area contributed by atoms with Crippen LogP contribution in [0.3, 0.4) is 0 Å². The van der Waals surface area contributed by atoms with E-state index in [1.807, 2.05) is 12.2 Å². The summed E-state index contributed by atoms with van der Waals surface area (Å²) < 4.78 is 0. The summed E-state index contributed by atoms with van der Waals surface area (Å²) in [6.45, 7) is 4.24. The first-order valence-electron chi connectivity index (χ1n) is 3.92. The van der Waals surface area contributed by atoms with E-state index in [9.17, 15) is 5.11 Å². The molecule has 11 heavy (non-hydrogen) atoms. The molecule has 0 amide bonds. The van der Waals surface area contributed by atoms with Gasteiger partial charge >= 0.3 is 0 Å². The van der Waals surface area contributed by atoms with E-state index in [1.54, 1.807) is 6.08 Å². The topological polar surface area (TPSA) is 46.2 Å². The summed E-state index contributed by atoms with van der Waals surface area (Å²) in [6.07, 6.45) is 6.07. The van der Waals surface area contributed by atoms with Gasteiger partial charge in [-0.2, -0.15) is 0 Å². The highest BCUT2D eigenvalue weighted by molar-refractivity contribution is 5.27. The van der Waals surface area contributed by atoms with Gasteiger partial charge in [0.1, 0.15) is 5.72 Å². The van der Waals surface area contributed by atoms with E-state index < -0.39 is 5.72 Å². The van der Waals surface area contributed by atoms with Crippen molar-refractivity contribution in [1.29, 1.82) is 0 Å². The van der Waals surface area contributed by atoms with E-state index >= 15 is 0 Å². The van der Waals surface area contributed by atoms with Gasteiger partial charge in [-0.15, -0.1) is 0 Å². The molecule has 62 valence electrons. The van der Waals surface area contributed by atoms with Crippen LogP contribution < -0.4 is 5.73 Å². The van der Waals surface area contributed by atoms with Gasteiger partial charge in [0.25, 0.3) is 0 Å². The zero-order valence-corrected chi connectivity index (χ0v) is 7.04. The lowest BCUT2D eigenvalue weighted by Crippen LogP contribution is -2.37. The van der Waals surface area contributed by atoms with E-state index in [1.165, 1.54) is 5.57 Å². The molecule has 0 radical (unpaired) electrons. The van der Waals surface area contributed by atoms with Crippen LogP contribution in [0.25, 0.3) is 0 Å². The summed E-state index contributed by atoms with van der Waals surface area (Å²) in [7, 11) is 0. The maximum atomic E-state index is 9.32. The molecule has 1 aliphatic carbocycles. The van der Waals surface area contributed by atoms with E-state index in [-0.39, 0.29) is 0 Å². The van der Waals surface area contributed by atoms with Crippen LogP contribution in [0.5, 0.6) is 0 Å². The number of rotatable bonds is 1. The second kappa shape index (κ2) is 2.80. The molecule has 0 heterocycles. The average molecular weight is 153 g/mol. The fraction of sp³-hybridized carbons (Fsp3) is 0.556. The average Bonchev–Trinajstić information content (AvgIpc) is 1.86. The van der Waals surface area contributed by atoms with Gasteiger partial charge in [0.05, 0.1) is 0 Å². The van der Waals surface area contributed by atoms with Crippen molar-refractivity contribution in [2.45, 2.75) is 26.0 Å². The molecule has 0 saturated heterocycles. The number of hydrogen-bond donors (Lipinski definition) is 2. The minimum atomic E-state index is -1.11. The highest BCUT2D eigenvalue weighted by atomic mass is 16.3. The second-order valence-electron chi connectivity index (χ2n) is 3.39. The van der Waals surface area contributed by atoms with Gasteiger partial charge in [-0.05, 0) is 17.6 Å². The maximum absolute atomic E-state index is 9.32. The van der Waals surface area contributed by atoms with Crippen molar-refractivity contribution in [3.05, 3.63) is 23.8 Å². The van der Waals surface area contributed by atoms with Crippen molar-refractivity contribution in [1.82, 2.24) is 0 Å². The molecule has 0 saturated carbocycles. The van der Waals surface area contributed by atoms with Gasteiger partial charge < -0.3 is 10.8 Å². The van der Waals surface area contributed by atoms with Gasteiger partial charge in [0.15, 0.2) is 0 Å². The Bertz CT molecular complexity index is 202. The number of aliphatic hydroxyl groups is 1. The first-order valence-corrected chi connectivity index (χ1v) is 3.92. The van der Waals surface area contributed by atoms with Crippen LogP contribution in [0.4, 0.5) is 0 Å². The van der Waals surface area contributed by atoms with Gasteiger partial charge in [-0.1, -0.05) is 26.0 Å². The summed E-state index contributed by atoms with van der Waals surface area (Å²) >= 11 is 0. The zero-order valence-electron chi connectivity index (χ0n) is 7.04. The summed E-state index contributed by atoms with van der Waals surface area (Å²) in [5, 5.41) is 9.32. The third-order valence-electron chi connectivity index (χ3n) is 1.90. The Balaban J connectivity index is 2.68. The van der Waals surface area contributed by atoms with E-state index in [0.717, 1.165) is 0 Å².